The molecule has 1 heterocycles. The van der Waals surface area contributed by atoms with Crippen LogP contribution in [0.25, 0.3) is 10.9 Å². The number of aromatic amines is 1. The van der Waals surface area contributed by atoms with Crippen LogP contribution >= 0.6 is 0 Å². The van der Waals surface area contributed by atoms with E-state index < -0.39 is 15.9 Å². The summed E-state index contributed by atoms with van der Waals surface area (Å²) in [6.07, 6.45) is 0. The molecule has 2 N–H and O–H groups in total. The summed E-state index contributed by atoms with van der Waals surface area (Å²) in [6.45, 7) is 3.59. The summed E-state index contributed by atoms with van der Waals surface area (Å²) in [6, 6.07) is 8.60. The number of hydrogen-bond acceptors (Lipinski definition) is 6. The normalized spacial score (nSPS) is 11.8. The molecule has 0 radical (unpaired) electrons. The molecule has 31 heavy (non-hydrogen) atoms. The van der Waals surface area contributed by atoms with Gasteiger partial charge in [-0.25, -0.2) is 8.42 Å². The van der Waals surface area contributed by atoms with Crippen molar-refractivity contribution in [3.05, 3.63) is 47.2 Å². The van der Waals surface area contributed by atoms with E-state index in [1.165, 1.54) is 7.05 Å². The zero-order chi connectivity index (χ0) is 22.8. The topological polar surface area (TPSA) is 114 Å². The van der Waals surface area contributed by atoms with E-state index in [2.05, 4.69) is 15.5 Å². The number of hydrogen-bond donors (Lipinski definition) is 2. The van der Waals surface area contributed by atoms with Crippen LogP contribution < -0.4 is 10.1 Å². The lowest BCUT2D eigenvalue weighted by Gasteiger charge is -2.18. The second-order valence-electron chi connectivity index (χ2n) is 7.29. The Balaban J connectivity index is 1.83. The summed E-state index contributed by atoms with van der Waals surface area (Å²) in [5.74, 6) is 0.245. The van der Waals surface area contributed by atoms with E-state index in [4.69, 9.17) is 9.47 Å². The number of aryl methyl sites for hydroxylation is 2. The zero-order valence-corrected chi connectivity index (χ0v) is 19.0. The Morgan fingerprint density at radius 1 is 1.19 bits per heavy atom. The van der Waals surface area contributed by atoms with Crippen LogP contribution in [-0.4, -0.2) is 56.6 Å². The predicted molar refractivity (Wildman–Crippen MR) is 118 cm³/mol. The molecule has 0 bridgehead atoms. The van der Waals surface area contributed by atoms with Crippen molar-refractivity contribution in [2.24, 2.45) is 0 Å². The molecule has 0 aliphatic rings. The molecule has 9 nitrogen and oxygen atoms in total. The van der Waals surface area contributed by atoms with Crippen LogP contribution in [0.15, 0.2) is 35.2 Å². The van der Waals surface area contributed by atoms with Gasteiger partial charge in [0.05, 0.1) is 26.0 Å². The Morgan fingerprint density at radius 3 is 2.58 bits per heavy atom. The molecule has 0 fully saturated rings. The lowest BCUT2D eigenvalue weighted by Crippen LogP contribution is -2.35. The molecule has 1 aromatic heterocycles. The first kappa shape index (κ1) is 22.7. The van der Waals surface area contributed by atoms with E-state index in [1.807, 2.05) is 13.0 Å². The summed E-state index contributed by atoms with van der Waals surface area (Å²) < 4.78 is 37.8. The molecule has 3 rings (SSSR count). The summed E-state index contributed by atoms with van der Waals surface area (Å²) in [5.41, 5.74) is 3.18. The van der Waals surface area contributed by atoms with Gasteiger partial charge < -0.3 is 14.8 Å². The summed E-state index contributed by atoms with van der Waals surface area (Å²) in [4.78, 5) is 12.5. The van der Waals surface area contributed by atoms with Gasteiger partial charge in [0.2, 0.25) is 15.9 Å². The third-order valence-electron chi connectivity index (χ3n) is 4.87. The summed E-state index contributed by atoms with van der Waals surface area (Å²) in [5, 5.41) is 10.4. The monoisotopic (exact) mass is 446 g/mol. The quantitative estimate of drug-likeness (QED) is 0.550. The molecule has 10 heteroatoms. The molecule has 1 amide bonds. The van der Waals surface area contributed by atoms with Gasteiger partial charge in [0.25, 0.3) is 0 Å². The fourth-order valence-corrected chi connectivity index (χ4v) is 4.70. The number of carbonyl (C=O) groups excluding carboxylic acids is 1. The number of aromatic nitrogens is 2. The van der Waals surface area contributed by atoms with Crippen molar-refractivity contribution in [2.75, 3.05) is 33.1 Å². The van der Waals surface area contributed by atoms with Gasteiger partial charge in [0, 0.05) is 25.2 Å². The van der Waals surface area contributed by atoms with E-state index in [0.29, 0.717) is 28.0 Å². The molecule has 0 unspecified atom stereocenters. The zero-order valence-electron chi connectivity index (χ0n) is 18.1. The molecule has 0 spiro atoms. The van der Waals surface area contributed by atoms with Gasteiger partial charge in [-0.15, -0.1) is 0 Å². The second-order valence-corrected chi connectivity index (χ2v) is 9.30. The average molecular weight is 447 g/mol. The van der Waals surface area contributed by atoms with Crippen molar-refractivity contribution in [3.63, 3.8) is 0 Å². The Labute approximate surface area is 181 Å². The Morgan fingerprint density at radius 2 is 1.94 bits per heavy atom. The molecule has 0 aliphatic carbocycles. The molecule has 3 aromatic rings. The number of sulfonamides is 1. The van der Waals surface area contributed by atoms with E-state index in [-0.39, 0.29) is 18.0 Å². The van der Waals surface area contributed by atoms with Crippen LogP contribution in [0.2, 0.25) is 0 Å². The van der Waals surface area contributed by atoms with Gasteiger partial charge in [-0.05, 0) is 55.3 Å². The number of benzene rings is 2. The molecule has 0 saturated heterocycles. The summed E-state index contributed by atoms with van der Waals surface area (Å²) >= 11 is 0. The molecule has 2 aromatic carbocycles. The maximum Gasteiger partial charge on any atom is 0.245 e. The second kappa shape index (κ2) is 9.04. The first-order valence-electron chi connectivity index (χ1n) is 9.54. The number of fused-ring (bicyclic) bond motifs is 1. The number of anilines is 1. The SMILES string of the molecule is COCc1[nH]nc2c(S(=O)(=O)N(C)CC(=O)Nc3ccc(OC)c(C)c3)cc(C)cc12. The molecule has 0 atom stereocenters. The first-order valence-corrected chi connectivity index (χ1v) is 11.0. The smallest absolute Gasteiger partial charge is 0.245 e. The van der Waals surface area contributed by atoms with Crippen LogP contribution in [-0.2, 0) is 26.2 Å². The standard InChI is InChI=1S/C21H26N4O5S/c1-13-8-16-17(12-29-4)23-24-21(16)19(9-13)31(27,28)25(3)11-20(26)22-15-6-7-18(30-5)14(2)10-15/h6-10H,11-12H2,1-5H3,(H,22,26)(H,23,24). The number of nitrogens with one attached hydrogen (secondary N) is 2. The fourth-order valence-electron chi connectivity index (χ4n) is 3.34. The average Bonchev–Trinajstić information content (AvgIpc) is 3.10. The lowest BCUT2D eigenvalue weighted by atomic mass is 10.1. The van der Waals surface area contributed by atoms with Gasteiger partial charge in [0.1, 0.15) is 16.2 Å². The third kappa shape index (κ3) is 4.71. The number of likely N-dealkylation sites (N-methyl/N-ethyl adjacent to an activating group) is 1. The van der Waals surface area contributed by atoms with Crippen LogP contribution in [0.1, 0.15) is 16.8 Å². The van der Waals surface area contributed by atoms with E-state index in [1.54, 1.807) is 45.4 Å². The van der Waals surface area contributed by atoms with Crippen LogP contribution in [0.5, 0.6) is 5.75 Å². The van der Waals surface area contributed by atoms with Crippen molar-refractivity contribution in [3.8, 4) is 5.75 Å². The maximum absolute atomic E-state index is 13.2. The van der Waals surface area contributed by atoms with Gasteiger partial charge in [0.15, 0.2) is 0 Å². The number of methoxy groups -OCH3 is 2. The van der Waals surface area contributed by atoms with Gasteiger partial charge >= 0.3 is 0 Å². The Hall–Kier alpha value is -2.95. The third-order valence-corrected chi connectivity index (χ3v) is 6.69. The number of ether oxygens (including phenoxy) is 2. The minimum Gasteiger partial charge on any atom is -0.496 e. The van der Waals surface area contributed by atoms with Crippen molar-refractivity contribution in [1.29, 1.82) is 0 Å². The largest absolute Gasteiger partial charge is 0.496 e. The van der Waals surface area contributed by atoms with E-state index >= 15 is 0 Å². The molecule has 0 saturated carbocycles. The first-order chi connectivity index (χ1) is 14.7. The number of rotatable bonds is 8. The Kier molecular flexibility index (Phi) is 6.63. The van der Waals surface area contributed by atoms with Crippen LogP contribution in [0.4, 0.5) is 5.69 Å². The van der Waals surface area contributed by atoms with Crippen molar-refractivity contribution >= 4 is 32.5 Å². The molecule has 166 valence electrons. The van der Waals surface area contributed by atoms with E-state index in [9.17, 15) is 13.2 Å². The van der Waals surface area contributed by atoms with Gasteiger partial charge in [-0.1, -0.05) is 0 Å². The van der Waals surface area contributed by atoms with Crippen molar-refractivity contribution in [1.82, 2.24) is 14.5 Å². The van der Waals surface area contributed by atoms with Gasteiger partial charge in [-0.3, -0.25) is 9.89 Å². The number of H-pyrrole nitrogens is 1. The van der Waals surface area contributed by atoms with Crippen LogP contribution in [0.3, 0.4) is 0 Å². The predicted octanol–water partition coefficient (Wildman–Crippen LogP) is 2.59. The minimum absolute atomic E-state index is 0.0386. The molecular formula is C21H26N4O5S. The van der Waals surface area contributed by atoms with Crippen LogP contribution in [0, 0.1) is 13.8 Å². The number of carbonyl (C=O) groups is 1. The van der Waals surface area contributed by atoms with Gasteiger partial charge in [-0.2, -0.15) is 9.40 Å². The van der Waals surface area contributed by atoms with E-state index in [0.717, 1.165) is 15.4 Å². The fraction of sp³-hybridized carbons (Fsp3) is 0.333. The summed E-state index contributed by atoms with van der Waals surface area (Å²) in [7, 11) is 0.522. The molecule has 0 aliphatic heterocycles. The highest BCUT2D eigenvalue weighted by atomic mass is 32.2. The number of amides is 1. The van der Waals surface area contributed by atoms with Crippen molar-refractivity contribution in [2.45, 2.75) is 25.3 Å². The highest BCUT2D eigenvalue weighted by Gasteiger charge is 2.27. The Bertz CT molecular complexity index is 1220. The highest BCUT2D eigenvalue weighted by molar-refractivity contribution is 7.89. The van der Waals surface area contributed by atoms with Crippen molar-refractivity contribution < 1.29 is 22.7 Å². The lowest BCUT2D eigenvalue weighted by molar-refractivity contribution is -0.116. The number of nitrogens with zero attached hydrogens (tertiary/aromatic N) is 2. The minimum atomic E-state index is -3.97. The molecular weight excluding hydrogens is 420 g/mol. The highest BCUT2D eigenvalue weighted by Crippen LogP contribution is 2.28. The maximum atomic E-state index is 13.2.